The van der Waals surface area contributed by atoms with Gasteiger partial charge in [0, 0.05) is 48.5 Å². The third-order valence-electron chi connectivity index (χ3n) is 4.04. The van der Waals surface area contributed by atoms with Crippen LogP contribution in [0.1, 0.15) is 0 Å². The Labute approximate surface area is 167 Å². The molecule has 0 spiro atoms. The molecule has 3 N–H and O–H groups in total. The topological polar surface area (TPSA) is 91.4 Å². The van der Waals surface area contributed by atoms with Gasteiger partial charge < -0.3 is 15.6 Å². The van der Waals surface area contributed by atoms with Crippen LogP contribution in [-0.4, -0.2) is 38.0 Å². The minimum Gasteiger partial charge on any atom is -0.368 e. The molecule has 0 unspecified atom stereocenters. The number of H-pyrrole nitrogens is 1. The highest BCUT2D eigenvalue weighted by Gasteiger charge is 2.13. The summed E-state index contributed by atoms with van der Waals surface area (Å²) in [4.78, 5) is 20.8. The number of nitrogens with one attached hydrogen (secondary N) is 3. The van der Waals surface area contributed by atoms with Crippen molar-refractivity contribution < 1.29 is 0 Å². The molecule has 0 saturated carbocycles. The van der Waals surface area contributed by atoms with E-state index in [0.29, 0.717) is 29.9 Å². The van der Waals surface area contributed by atoms with Gasteiger partial charge in [0.15, 0.2) is 0 Å². The van der Waals surface area contributed by atoms with Gasteiger partial charge >= 0.3 is 0 Å². The van der Waals surface area contributed by atoms with Crippen molar-refractivity contribution in [3.8, 4) is 22.6 Å². The minimum absolute atomic E-state index is 0.545. The van der Waals surface area contributed by atoms with E-state index in [2.05, 4.69) is 30.6 Å². The van der Waals surface area contributed by atoms with Gasteiger partial charge in [-0.3, -0.25) is 0 Å². The summed E-state index contributed by atoms with van der Waals surface area (Å²) < 4.78 is 0. The summed E-state index contributed by atoms with van der Waals surface area (Å²) in [5.41, 5.74) is 2.54. The fourth-order valence-electron chi connectivity index (χ4n) is 2.71. The predicted molar refractivity (Wildman–Crippen MR) is 111 cm³/mol. The molecule has 3 heterocycles. The molecule has 0 fully saturated rings. The number of hydrogen-bond acceptors (Lipinski definition) is 6. The fourth-order valence-corrected chi connectivity index (χ4v) is 2.84. The van der Waals surface area contributed by atoms with E-state index in [4.69, 9.17) is 16.6 Å². The summed E-state index contributed by atoms with van der Waals surface area (Å²) in [7, 11) is 0. The second kappa shape index (κ2) is 8.49. The lowest BCUT2D eigenvalue weighted by Crippen LogP contribution is -2.16. The summed E-state index contributed by atoms with van der Waals surface area (Å²) in [6.45, 7) is 1.34. The molecule has 140 valence electrons. The monoisotopic (exact) mass is 391 g/mol. The van der Waals surface area contributed by atoms with Crippen molar-refractivity contribution in [2.75, 3.05) is 23.7 Å². The lowest BCUT2D eigenvalue weighted by Gasteiger charge is -2.11. The van der Waals surface area contributed by atoms with Gasteiger partial charge in [0.2, 0.25) is 5.95 Å². The molecule has 0 bridgehead atoms. The van der Waals surface area contributed by atoms with Crippen LogP contribution < -0.4 is 10.6 Å². The number of hydrogen-bond donors (Lipinski definition) is 3. The highest BCUT2D eigenvalue weighted by atomic mass is 35.5. The van der Waals surface area contributed by atoms with Gasteiger partial charge in [-0.1, -0.05) is 29.8 Å². The molecule has 4 rings (SSSR count). The van der Waals surface area contributed by atoms with Gasteiger partial charge in [-0.05, 0) is 24.3 Å². The first kappa shape index (κ1) is 17.9. The van der Waals surface area contributed by atoms with Crippen LogP contribution in [0.15, 0.2) is 67.3 Å². The van der Waals surface area contributed by atoms with E-state index < -0.39 is 0 Å². The van der Waals surface area contributed by atoms with Crippen LogP contribution in [0.25, 0.3) is 22.6 Å². The number of halogens is 1. The maximum absolute atomic E-state index is 6.03. The van der Waals surface area contributed by atoms with Crippen LogP contribution in [0.4, 0.5) is 11.8 Å². The van der Waals surface area contributed by atoms with Gasteiger partial charge in [0.25, 0.3) is 0 Å². The minimum atomic E-state index is 0.545. The predicted octanol–water partition coefficient (Wildman–Crippen LogP) is 4.11. The van der Waals surface area contributed by atoms with Gasteiger partial charge in [0.1, 0.15) is 11.6 Å². The Bertz CT molecular complexity index is 1020. The first-order valence-electron chi connectivity index (χ1n) is 8.81. The molecule has 1 aromatic carbocycles. The zero-order valence-electron chi connectivity index (χ0n) is 14.9. The Balaban J connectivity index is 1.52. The smallest absolute Gasteiger partial charge is 0.223 e. The third kappa shape index (κ3) is 4.27. The van der Waals surface area contributed by atoms with Crippen molar-refractivity contribution in [3.05, 3.63) is 72.3 Å². The highest BCUT2D eigenvalue weighted by Crippen LogP contribution is 2.29. The molecule has 0 radical (unpaired) electrons. The van der Waals surface area contributed by atoms with E-state index in [1.807, 2.05) is 42.5 Å². The Hall–Kier alpha value is -3.45. The zero-order chi connectivity index (χ0) is 19.2. The van der Waals surface area contributed by atoms with E-state index in [1.54, 1.807) is 24.8 Å². The van der Waals surface area contributed by atoms with Crippen LogP contribution in [0.2, 0.25) is 5.02 Å². The molecule has 0 aliphatic rings. The van der Waals surface area contributed by atoms with E-state index in [1.165, 1.54) is 0 Å². The maximum Gasteiger partial charge on any atom is 0.223 e. The van der Waals surface area contributed by atoms with Crippen molar-refractivity contribution in [1.29, 1.82) is 0 Å². The Morgan fingerprint density at radius 3 is 2.50 bits per heavy atom. The second-order valence-corrected chi connectivity index (χ2v) is 6.41. The molecule has 0 atom stereocenters. The van der Waals surface area contributed by atoms with E-state index >= 15 is 0 Å². The van der Waals surface area contributed by atoms with Crippen LogP contribution in [0.5, 0.6) is 0 Å². The number of aromatic nitrogens is 5. The van der Waals surface area contributed by atoms with E-state index in [0.717, 1.165) is 22.6 Å². The molecule has 3 aromatic heterocycles. The zero-order valence-corrected chi connectivity index (χ0v) is 15.7. The average Bonchev–Trinajstić information content (AvgIpc) is 3.27. The summed E-state index contributed by atoms with van der Waals surface area (Å²) in [5.74, 6) is 2.09. The van der Waals surface area contributed by atoms with Crippen molar-refractivity contribution >= 4 is 23.4 Å². The lowest BCUT2D eigenvalue weighted by molar-refractivity contribution is 1.02. The van der Waals surface area contributed by atoms with Gasteiger partial charge in [-0.15, -0.1) is 0 Å². The van der Waals surface area contributed by atoms with Crippen molar-refractivity contribution in [2.24, 2.45) is 0 Å². The maximum atomic E-state index is 6.03. The summed E-state index contributed by atoms with van der Waals surface area (Å²) in [6, 6.07) is 13.3. The Morgan fingerprint density at radius 2 is 1.75 bits per heavy atom. The van der Waals surface area contributed by atoms with Gasteiger partial charge in [-0.25, -0.2) is 19.9 Å². The molecule has 28 heavy (non-hydrogen) atoms. The number of nitrogens with zero attached hydrogens (tertiary/aromatic N) is 4. The Kier molecular flexibility index (Phi) is 5.44. The summed E-state index contributed by atoms with van der Waals surface area (Å²) in [5, 5.41) is 7.16. The quantitative estimate of drug-likeness (QED) is 0.411. The molecular formula is C20H18ClN7. The largest absolute Gasteiger partial charge is 0.368 e. The van der Waals surface area contributed by atoms with Crippen molar-refractivity contribution in [2.45, 2.75) is 0 Å². The number of anilines is 2. The van der Waals surface area contributed by atoms with Crippen LogP contribution in [-0.2, 0) is 0 Å². The lowest BCUT2D eigenvalue weighted by atomic mass is 10.1. The molecule has 0 aliphatic heterocycles. The van der Waals surface area contributed by atoms with E-state index in [9.17, 15) is 0 Å². The first-order chi connectivity index (χ1) is 13.8. The molecular weight excluding hydrogens is 374 g/mol. The first-order valence-corrected chi connectivity index (χ1v) is 9.19. The number of pyridine rings is 1. The Morgan fingerprint density at radius 1 is 0.893 bits per heavy atom. The molecule has 8 heteroatoms. The standard InChI is InChI=1S/C20H18ClN7/c21-15-6-4-14(5-7-15)18-16(19-24-10-11-25-19)13-27-20(28-18)26-12-9-23-17-3-1-2-8-22-17/h1-8,10-11,13H,9,12H2,(H,22,23)(H,24,25)(H,26,27,28). The second-order valence-electron chi connectivity index (χ2n) is 5.97. The number of aromatic amines is 1. The molecule has 7 nitrogen and oxygen atoms in total. The SMILES string of the molecule is Clc1ccc(-c2nc(NCCNc3ccccn3)ncc2-c2ncc[nH]2)cc1. The van der Waals surface area contributed by atoms with Gasteiger partial charge in [0.05, 0.1) is 11.3 Å². The van der Waals surface area contributed by atoms with Crippen LogP contribution >= 0.6 is 11.6 Å². The molecule has 0 saturated heterocycles. The molecule has 4 aromatic rings. The van der Waals surface area contributed by atoms with E-state index in [-0.39, 0.29) is 0 Å². The fraction of sp³-hybridized carbons (Fsp3) is 0.100. The van der Waals surface area contributed by atoms with Crippen molar-refractivity contribution in [1.82, 2.24) is 24.9 Å². The van der Waals surface area contributed by atoms with Crippen LogP contribution in [0.3, 0.4) is 0 Å². The number of rotatable bonds is 7. The number of imidazole rings is 1. The normalized spacial score (nSPS) is 10.6. The summed E-state index contributed by atoms with van der Waals surface area (Å²) in [6.07, 6.45) is 7.00. The third-order valence-corrected chi connectivity index (χ3v) is 4.29. The van der Waals surface area contributed by atoms with Crippen LogP contribution in [0, 0.1) is 0 Å². The molecule has 0 aliphatic carbocycles. The molecule has 0 amide bonds. The average molecular weight is 392 g/mol. The summed E-state index contributed by atoms with van der Waals surface area (Å²) >= 11 is 6.03. The highest BCUT2D eigenvalue weighted by molar-refractivity contribution is 6.30. The van der Waals surface area contributed by atoms with Crippen molar-refractivity contribution in [3.63, 3.8) is 0 Å². The van der Waals surface area contributed by atoms with Gasteiger partial charge in [-0.2, -0.15) is 0 Å². The number of benzene rings is 1.